The number of piperidine rings is 1. The first-order chi connectivity index (χ1) is 9.65. The molecule has 112 valence electrons. The largest absolute Gasteiger partial charge is 0.316 e. The van der Waals surface area contributed by atoms with Crippen LogP contribution >= 0.6 is 0 Å². The number of fused-ring (bicyclic) bond motifs is 1. The minimum Gasteiger partial charge on any atom is -0.316 e. The number of likely N-dealkylation sites (tertiary alicyclic amines) is 1. The summed E-state index contributed by atoms with van der Waals surface area (Å²) in [6.07, 6.45) is 9.40. The molecule has 0 amide bonds. The fourth-order valence-corrected chi connectivity index (χ4v) is 3.79. The van der Waals surface area contributed by atoms with Gasteiger partial charge in [0, 0.05) is 30.9 Å². The molecule has 2 aliphatic rings. The first-order valence-corrected chi connectivity index (χ1v) is 8.19. The lowest BCUT2D eigenvalue weighted by atomic mass is 9.93. The maximum Gasteiger partial charge on any atom is 0.110 e. The van der Waals surface area contributed by atoms with Gasteiger partial charge in [0.1, 0.15) is 5.82 Å². The van der Waals surface area contributed by atoms with Crippen LogP contribution in [0.4, 0.5) is 0 Å². The molecule has 2 aliphatic heterocycles. The van der Waals surface area contributed by atoms with E-state index in [2.05, 4.69) is 34.5 Å². The van der Waals surface area contributed by atoms with Crippen LogP contribution in [0.1, 0.15) is 57.2 Å². The molecule has 4 heteroatoms. The molecule has 0 bridgehead atoms. The Morgan fingerprint density at radius 2 is 2.20 bits per heavy atom. The van der Waals surface area contributed by atoms with Crippen molar-refractivity contribution in [3.8, 4) is 0 Å². The molecule has 4 nitrogen and oxygen atoms in total. The highest BCUT2D eigenvalue weighted by atomic mass is 15.2. The fraction of sp³-hybridized carbons (Fsp3) is 0.812. The minimum absolute atomic E-state index is 0.154. The molecule has 0 aliphatic carbocycles. The summed E-state index contributed by atoms with van der Waals surface area (Å²) < 4.78 is 2.32. The summed E-state index contributed by atoms with van der Waals surface area (Å²) in [7, 11) is 0. The van der Waals surface area contributed by atoms with E-state index >= 15 is 0 Å². The second kappa shape index (κ2) is 5.86. The van der Waals surface area contributed by atoms with Gasteiger partial charge in [-0.15, -0.1) is 0 Å². The van der Waals surface area contributed by atoms with E-state index in [4.69, 9.17) is 5.73 Å². The van der Waals surface area contributed by atoms with Crippen molar-refractivity contribution in [1.82, 2.24) is 14.5 Å². The minimum atomic E-state index is 0.154. The Morgan fingerprint density at radius 3 is 3.00 bits per heavy atom. The monoisotopic (exact) mass is 276 g/mol. The van der Waals surface area contributed by atoms with Gasteiger partial charge in [0.25, 0.3) is 0 Å². The van der Waals surface area contributed by atoms with Crippen LogP contribution in [0.15, 0.2) is 6.20 Å². The Labute approximate surface area is 122 Å². The third kappa shape index (κ3) is 2.77. The van der Waals surface area contributed by atoms with Crippen LogP contribution in [0.3, 0.4) is 0 Å². The summed E-state index contributed by atoms with van der Waals surface area (Å²) in [4.78, 5) is 7.28. The van der Waals surface area contributed by atoms with Crippen molar-refractivity contribution in [3.63, 3.8) is 0 Å². The van der Waals surface area contributed by atoms with Crippen LogP contribution < -0.4 is 5.73 Å². The predicted molar refractivity (Wildman–Crippen MR) is 81.5 cm³/mol. The molecule has 0 aromatic carbocycles. The van der Waals surface area contributed by atoms with Gasteiger partial charge in [-0.3, -0.25) is 0 Å². The quantitative estimate of drug-likeness (QED) is 0.922. The maximum absolute atomic E-state index is 6.28. The third-order valence-corrected chi connectivity index (χ3v) is 4.97. The van der Waals surface area contributed by atoms with E-state index in [9.17, 15) is 0 Å². The summed E-state index contributed by atoms with van der Waals surface area (Å²) in [6.45, 7) is 7.08. The molecule has 1 aromatic rings. The average molecular weight is 276 g/mol. The normalized spacial score (nSPS) is 27.8. The highest BCUT2D eigenvalue weighted by Crippen LogP contribution is 2.27. The molecule has 2 unspecified atom stereocenters. The smallest absolute Gasteiger partial charge is 0.110 e. The van der Waals surface area contributed by atoms with Gasteiger partial charge in [-0.2, -0.15) is 0 Å². The maximum atomic E-state index is 6.28. The van der Waals surface area contributed by atoms with Crippen molar-refractivity contribution in [1.29, 1.82) is 0 Å². The topological polar surface area (TPSA) is 47.1 Å². The van der Waals surface area contributed by atoms with Crippen LogP contribution in [0.25, 0.3) is 0 Å². The number of imidazole rings is 1. The number of aromatic nitrogens is 2. The number of nitrogens with two attached hydrogens (primary N) is 1. The molecule has 1 aromatic heterocycles. The van der Waals surface area contributed by atoms with Gasteiger partial charge in [-0.1, -0.05) is 0 Å². The Hall–Kier alpha value is -0.870. The SMILES string of the molecule is CC(C)N1CCCC(Cc2ncc3n2C(N)CCC3)C1. The highest BCUT2D eigenvalue weighted by Gasteiger charge is 2.26. The number of hydrogen-bond donors (Lipinski definition) is 1. The zero-order valence-electron chi connectivity index (χ0n) is 12.9. The number of nitrogens with zero attached hydrogens (tertiary/aromatic N) is 3. The predicted octanol–water partition coefficient (Wildman–Crippen LogP) is 2.34. The van der Waals surface area contributed by atoms with Gasteiger partial charge >= 0.3 is 0 Å². The van der Waals surface area contributed by atoms with Crippen LogP contribution in [0.5, 0.6) is 0 Å². The zero-order chi connectivity index (χ0) is 14.1. The summed E-state index contributed by atoms with van der Waals surface area (Å²) in [5.41, 5.74) is 7.63. The van der Waals surface area contributed by atoms with Gasteiger partial charge in [-0.25, -0.2) is 4.98 Å². The summed E-state index contributed by atoms with van der Waals surface area (Å²) in [5, 5.41) is 0. The number of aryl methyl sites for hydroxylation is 1. The molecule has 3 heterocycles. The van der Waals surface area contributed by atoms with E-state index in [1.54, 1.807) is 0 Å². The third-order valence-electron chi connectivity index (χ3n) is 4.97. The molecule has 2 atom stereocenters. The second-order valence-corrected chi connectivity index (χ2v) is 6.80. The first kappa shape index (κ1) is 14.1. The molecule has 0 spiro atoms. The lowest BCUT2D eigenvalue weighted by Crippen LogP contribution is -2.41. The van der Waals surface area contributed by atoms with Crippen molar-refractivity contribution >= 4 is 0 Å². The van der Waals surface area contributed by atoms with Gasteiger partial charge in [-0.05, 0) is 58.4 Å². The van der Waals surface area contributed by atoms with Crippen molar-refractivity contribution in [2.45, 2.75) is 64.6 Å². The van der Waals surface area contributed by atoms with Gasteiger partial charge in [0.2, 0.25) is 0 Å². The molecular formula is C16H28N4. The Morgan fingerprint density at radius 1 is 1.35 bits per heavy atom. The molecule has 20 heavy (non-hydrogen) atoms. The summed E-state index contributed by atoms with van der Waals surface area (Å²) >= 11 is 0. The van der Waals surface area contributed by atoms with E-state index in [1.807, 2.05) is 0 Å². The Kier molecular flexibility index (Phi) is 4.13. The molecule has 0 saturated carbocycles. The molecule has 3 rings (SSSR count). The lowest BCUT2D eigenvalue weighted by molar-refractivity contribution is 0.137. The summed E-state index contributed by atoms with van der Waals surface area (Å²) in [6, 6.07) is 0.661. The molecular weight excluding hydrogens is 248 g/mol. The van der Waals surface area contributed by atoms with E-state index in [0.717, 1.165) is 25.2 Å². The van der Waals surface area contributed by atoms with Gasteiger partial charge in [0.15, 0.2) is 0 Å². The summed E-state index contributed by atoms with van der Waals surface area (Å²) in [5.74, 6) is 1.97. The van der Waals surface area contributed by atoms with Gasteiger partial charge in [0.05, 0.1) is 6.17 Å². The van der Waals surface area contributed by atoms with Crippen molar-refractivity contribution < 1.29 is 0 Å². The van der Waals surface area contributed by atoms with Crippen LogP contribution in [-0.2, 0) is 12.8 Å². The van der Waals surface area contributed by atoms with Crippen LogP contribution in [0, 0.1) is 5.92 Å². The van der Waals surface area contributed by atoms with Crippen LogP contribution in [0.2, 0.25) is 0 Å². The van der Waals surface area contributed by atoms with E-state index in [0.29, 0.717) is 6.04 Å². The standard InChI is InChI=1S/C16H28N4/c1-12(2)19-8-4-5-13(11-19)9-16-18-10-14-6-3-7-15(17)20(14)16/h10,12-13,15H,3-9,11,17H2,1-2H3. The van der Waals surface area contributed by atoms with Crippen molar-refractivity contribution in [2.24, 2.45) is 11.7 Å². The van der Waals surface area contributed by atoms with Crippen molar-refractivity contribution in [3.05, 3.63) is 17.7 Å². The van der Waals surface area contributed by atoms with E-state index in [-0.39, 0.29) is 6.17 Å². The van der Waals surface area contributed by atoms with Crippen LogP contribution in [-0.4, -0.2) is 33.6 Å². The molecule has 1 fully saturated rings. The van der Waals surface area contributed by atoms with E-state index in [1.165, 1.54) is 43.9 Å². The van der Waals surface area contributed by atoms with E-state index < -0.39 is 0 Å². The second-order valence-electron chi connectivity index (χ2n) is 6.80. The van der Waals surface area contributed by atoms with Crippen molar-refractivity contribution in [2.75, 3.05) is 13.1 Å². The average Bonchev–Trinajstić information content (AvgIpc) is 2.84. The Balaban J connectivity index is 1.70. The first-order valence-electron chi connectivity index (χ1n) is 8.19. The molecule has 0 radical (unpaired) electrons. The number of rotatable bonds is 3. The molecule has 2 N–H and O–H groups in total. The fourth-order valence-electron chi connectivity index (χ4n) is 3.79. The molecule has 1 saturated heterocycles. The van der Waals surface area contributed by atoms with Gasteiger partial charge < -0.3 is 15.2 Å². The number of hydrogen-bond acceptors (Lipinski definition) is 3. The highest BCUT2D eigenvalue weighted by molar-refractivity contribution is 5.10. The lowest BCUT2D eigenvalue weighted by Gasteiger charge is -2.35. The zero-order valence-corrected chi connectivity index (χ0v) is 12.9. The Bertz CT molecular complexity index is 451.